The van der Waals surface area contributed by atoms with Gasteiger partial charge in [-0.15, -0.1) is 0 Å². The summed E-state index contributed by atoms with van der Waals surface area (Å²) in [4.78, 5) is 14.1. The van der Waals surface area contributed by atoms with Crippen LogP contribution in [0.3, 0.4) is 0 Å². The average molecular weight is 289 g/mol. The van der Waals surface area contributed by atoms with Gasteiger partial charge in [0.1, 0.15) is 5.76 Å². The van der Waals surface area contributed by atoms with Crippen molar-refractivity contribution >= 4 is 5.91 Å². The summed E-state index contributed by atoms with van der Waals surface area (Å²) in [6.45, 7) is 3.04. The van der Waals surface area contributed by atoms with Crippen LogP contribution in [-0.4, -0.2) is 30.4 Å². The molecule has 5 nitrogen and oxygen atoms in total. The molecule has 1 fully saturated rings. The minimum absolute atomic E-state index is 0.118. The molecule has 1 aromatic rings. The lowest BCUT2D eigenvalue weighted by molar-refractivity contribution is -0.132. The molecule has 1 aliphatic heterocycles. The molecule has 2 rings (SSSR count). The summed E-state index contributed by atoms with van der Waals surface area (Å²) in [5, 5.41) is 12.1. The van der Waals surface area contributed by atoms with Crippen LogP contribution >= 0.6 is 0 Å². The average Bonchev–Trinajstić information content (AvgIpc) is 3.03. The van der Waals surface area contributed by atoms with Crippen LogP contribution in [0.4, 0.5) is 0 Å². The largest absolute Gasteiger partial charge is 0.467 e. The second kappa shape index (κ2) is 8.48. The maximum Gasteiger partial charge on any atom is 0.223 e. The SMILES string of the molecule is N#CCCN(Cc1ccco1)C(=O)CCC1CCCNC1. The van der Waals surface area contributed by atoms with Crippen molar-refractivity contribution in [2.24, 2.45) is 5.92 Å². The number of nitrogens with zero attached hydrogens (tertiary/aromatic N) is 2. The van der Waals surface area contributed by atoms with E-state index in [1.165, 1.54) is 12.8 Å². The Morgan fingerprint density at radius 1 is 1.57 bits per heavy atom. The quantitative estimate of drug-likeness (QED) is 0.836. The first-order chi connectivity index (χ1) is 10.3. The van der Waals surface area contributed by atoms with Crippen molar-refractivity contribution in [2.45, 2.75) is 38.6 Å². The normalized spacial score (nSPS) is 18.1. The molecule has 1 unspecified atom stereocenters. The highest BCUT2D eigenvalue weighted by molar-refractivity contribution is 5.76. The molecule has 1 amide bonds. The highest BCUT2D eigenvalue weighted by Crippen LogP contribution is 2.17. The summed E-state index contributed by atoms with van der Waals surface area (Å²) >= 11 is 0. The monoisotopic (exact) mass is 289 g/mol. The number of hydrogen-bond donors (Lipinski definition) is 1. The Morgan fingerprint density at radius 3 is 3.14 bits per heavy atom. The Bertz CT molecular complexity index is 458. The molecule has 1 N–H and O–H groups in total. The fourth-order valence-electron chi connectivity index (χ4n) is 2.72. The van der Waals surface area contributed by atoms with Gasteiger partial charge in [0.05, 0.1) is 25.3 Å². The van der Waals surface area contributed by atoms with Crippen LogP contribution < -0.4 is 5.32 Å². The van der Waals surface area contributed by atoms with E-state index >= 15 is 0 Å². The van der Waals surface area contributed by atoms with E-state index in [0.717, 1.165) is 25.3 Å². The molecule has 1 aromatic heterocycles. The third-order valence-electron chi connectivity index (χ3n) is 3.94. The van der Waals surface area contributed by atoms with Gasteiger partial charge in [-0.2, -0.15) is 5.26 Å². The number of rotatable bonds is 7. The van der Waals surface area contributed by atoms with E-state index < -0.39 is 0 Å². The smallest absolute Gasteiger partial charge is 0.223 e. The van der Waals surface area contributed by atoms with Gasteiger partial charge in [-0.3, -0.25) is 4.79 Å². The Labute approximate surface area is 125 Å². The fourth-order valence-corrected chi connectivity index (χ4v) is 2.72. The molecule has 0 bridgehead atoms. The highest BCUT2D eigenvalue weighted by Gasteiger charge is 2.18. The number of carbonyl (C=O) groups is 1. The van der Waals surface area contributed by atoms with Gasteiger partial charge < -0.3 is 14.6 Å². The van der Waals surface area contributed by atoms with Gasteiger partial charge in [-0.25, -0.2) is 0 Å². The Morgan fingerprint density at radius 2 is 2.48 bits per heavy atom. The molecular formula is C16H23N3O2. The van der Waals surface area contributed by atoms with Crippen LogP contribution in [0.15, 0.2) is 22.8 Å². The number of hydrogen-bond acceptors (Lipinski definition) is 4. The van der Waals surface area contributed by atoms with Gasteiger partial charge in [-0.05, 0) is 50.4 Å². The first kappa shape index (κ1) is 15.6. The van der Waals surface area contributed by atoms with Crippen LogP contribution in [0.25, 0.3) is 0 Å². The summed E-state index contributed by atoms with van der Waals surface area (Å²) in [6, 6.07) is 5.78. The Hall–Kier alpha value is -1.80. The van der Waals surface area contributed by atoms with Crippen molar-refractivity contribution in [3.05, 3.63) is 24.2 Å². The molecule has 21 heavy (non-hydrogen) atoms. The van der Waals surface area contributed by atoms with Crippen molar-refractivity contribution in [3.8, 4) is 6.07 Å². The summed E-state index contributed by atoms with van der Waals surface area (Å²) in [6.07, 6.45) is 5.85. The molecule has 0 aromatic carbocycles. The molecule has 1 saturated heterocycles. The van der Waals surface area contributed by atoms with E-state index in [4.69, 9.17) is 9.68 Å². The number of piperidine rings is 1. The first-order valence-electron chi connectivity index (χ1n) is 7.67. The molecule has 1 aliphatic rings. The van der Waals surface area contributed by atoms with E-state index in [0.29, 0.717) is 31.8 Å². The van der Waals surface area contributed by atoms with Gasteiger partial charge in [0, 0.05) is 13.0 Å². The van der Waals surface area contributed by atoms with Crippen LogP contribution in [0, 0.1) is 17.2 Å². The summed E-state index contributed by atoms with van der Waals surface area (Å²) in [5.74, 6) is 1.48. The number of furan rings is 1. The summed E-state index contributed by atoms with van der Waals surface area (Å²) in [7, 11) is 0. The topological polar surface area (TPSA) is 69.3 Å². The van der Waals surface area contributed by atoms with Gasteiger partial charge in [-0.1, -0.05) is 0 Å². The Kier molecular flexibility index (Phi) is 6.29. The second-order valence-corrected chi connectivity index (χ2v) is 5.55. The second-order valence-electron chi connectivity index (χ2n) is 5.55. The number of amides is 1. The number of nitriles is 1. The van der Waals surface area contributed by atoms with E-state index in [-0.39, 0.29) is 5.91 Å². The molecular weight excluding hydrogens is 266 g/mol. The van der Waals surface area contributed by atoms with Crippen LogP contribution in [-0.2, 0) is 11.3 Å². The highest BCUT2D eigenvalue weighted by atomic mass is 16.3. The van der Waals surface area contributed by atoms with E-state index in [2.05, 4.69) is 11.4 Å². The standard InChI is InChI=1S/C16H23N3O2/c17-8-3-10-19(13-15-5-2-11-21-15)16(20)7-6-14-4-1-9-18-12-14/h2,5,11,14,18H,1,3-4,6-7,9-10,12-13H2. The molecule has 5 heteroatoms. The lowest BCUT2D eigenvalue weighted by atomic mass is 9.94. The Balaban J connectivity index is 1.82. The van der Waals surface area contributed by atoms with Crippen molar-refractivity contribution in [1.82, 2.24) is 10.2 Å². The predicted octanol–water partition coefficient (Wildman–Crippen LogP) is 2.30. The molecule has 0 saturated carbocycles. The molecule has 114 valence electrons. The van der Waals surface area contributed by atoms with E-state index in [1.54, 1.807) is 11.2 Å². The maximum absolute atomic E-state index is 12.4. The van der Waals surface area contributed by atoms with Gasteiger partial charge >= 0.3 is 0 Å². The predicted molar refractivity (Wildman–Crippen MR) is 79.2 cm³/mol. The molecule has 0 spiro atoms. The molecule has 2 heterocycles. The zero-order chi connectivity index (χ0) is 14.9. The summed E-state index contributed by atoms with van der Waals surface area (Å²) < 4.78 is 5.30. The lowest BCUT2D eigenvalue weighted by Crippen LogP contribution is -2.33. The molecule has 0 aliphatic carbocycles. The third-order valence-corrected chi connectivity index (χ3v) is 3.94. The van der Waals surface area contributed by atoms with Gasteiger partial charge in [0.25, 0.3) is 0 Å². The molecule has 1 atom stereocenters. The van der Waals surface area contributed by atoms with Gasteiger partial charge in [0.15, 0.2) is 0 Å². The van der Waals surface area contributed by atoms with Crippen LogP contribution in [0.1, 0.15) is 37.9 Å². The van der Waals surface area contributed by atoms with Crippen molar-refractivity contribution in [3.63, 3.8) is 0 Å². The first-order valence-corrected chi connectivity index (χ1v) is 7.67. The maximum atomic E-state index is 12.4. The zero-order valence-electron chi connectivity index (χ0n) is 12.4. The van der Waals surface area contributed by atoms with Crippen molar-refractivity contribution in [1.29, 1.82) is 5.26 Å². The summed E-state index contributed by atoms with van der Waals surface area (Å²) in [5.41, 5.74) is 0. The number of carbonyl (C=O) groups excluding carboxylic acids is 1. The zero-order valence-corrected chi connectivity index (χ0v) is 12.4. The van der Waals surface area contributed by atoms with E-state index in [9.17, 15) is 4.79 Å². The van der Waals surface area contributed by atoms with Crippen molar-refractivity contribution in [2.75, 3.05) is 19.6 Å². The van der Waals surface area contributed by atoms with Crippen molar-refractivity contribution < 1.29 is 9.21 Å². The third kappa shape index (κ3) is 5.24. The van der Waals surface area contributed by atoms with Crippen LogP contribution in [0.5, 0.6) is 0 Å². The van der Waals surface area contributed by atoms with Gasteiger partial charge in [0.2, 0.25) is 5.91 Å². The minimum atomic E-state index is 0.118. The number of nitrogens with one attached hydrogen (secondary N) is 1. The lowest BCUT2D eigenvalue weighted by Gasteiger charge is -2.25. The van der Waals surface area contributed by atoms with E-state index in [1.807, 2.05) is 12.1 Å². The molecule has 0 radical (unpaired) electrons. The fraction of sp³-hybridized carbons (Fsp3) is 0.625. The van der Waals surface area contributed by atoms with Crippen LogP contribution in [0.2, 0.25) is 0 Å². The minimum Gasteiger partial charge on any atom is -0.467 e.